The number of hydrogen-bond donors (Lipinski definition) is 4. The molecule has 0 amide bonds. The van der Waals surface area contributed by atoms with Crippen LogP contribution in [0.1, 0.15) is 11.1 Å². The zero-order valence-electron chi connectivity index (χ0n) is 13.7. The maximum absolute atomic E-state index is 9.00. The van der Waals surface area contributed by atoms with E-state index in [4.69, 9.17) is 22.0 Å². The molecule has 0 bridgehead atoms. The van der Waals surface area contributed by atoms with E-state index in [2.05, 4.69) is 27.8 Å². The molecule has 1 heterocycles. The minimum absolute atomic E-state index is 0.376. The number of aromatic nitrogens is 1. The number of nitrogens with two attached hydrogens (primary N) is 2. The van der Waals surface area contributed by atoms with Crippen LogP contribution < -0.4 is 22.1 Å². The molecule has 0 aliphatic rings. The molecule has 0 radical (unpaired) electrons. The number of nitriles is 2. The van der Waals surface area contributed by atoms with Crippen LogP contribution in [0, 0.1) is 22.7 Å². The normalized spacial score (nSPS) is 9.77. The van der Waals surface area contributed by atoms with Crippen molar-refractivity contribution in [3.05, 3.63) is 65.7 Å². The number of pyridine rings is 1. The summed E-state index contributed by atoms with van der Waals surface area (Å²) in [6.45, 7) is 0. The van der Waals surface area contributed by atoms with Crippen LogP contribution in [0.15, 0.2) is 54.6 Å². The maximum Gasteiger partial charge on any atom is 0.156 e. The lowest BCUT2D eigenvalue weighted by Gasteiger charge is -2.14. The van der Waals surface area contributed by atoms with Gasteiger partial charge in [-0.1, -0.05) is 12.1 Å². The Morgan fingerprint density at radius 2 is 1.19 bits per heavy atom. The van der Waals surface area contributed by atoms with Crippen LogP contribution in [-0.2, 0) is 0 Å². The Hall–Kier alpha value is -4.23. The molecule has 3 rings (SSSR count). The minimum Gasteiger partial charge on any atom is -0.396 e. The van der Waals surface area contributed by atoms with Crippen molar-refractivity contribution >= 4 is 34.4 Å². The summed E-state index contributed by atoms with van der Waals surface area (Å²) in [6.07, 6.45) is 0. The van der Waals surface area contributed by atoms with Crippen molar-refractivity contribution in [2.24, 2.45) is 0 Å². The van der Waals surface area contributed by atoms with Crippen LogP contribution in [0.5, 0.6) is 0 Å². The van der Waals surface area contributed by atoms with Gasteiger partial charge in [-0.25, -0.2) is 4.98 Å². The van der Waals surface area contributed by atoms with E-state index in [9.17, 15) is 0 Å². The lowest BCUT2D eigenvalue weighted by atomic mass is 10.2. The SMILES string of the molecule is N#Cc1cccc(Nc2nc(Nc3cccc(C#N)c3)c(N)cc2N)c1. The Bertz CT molecular complexity index is 964. The standard InChI is InChI=1S/C19H15N7/c20-10-12-3-1-5-14(7-12)24-18-16(22)9-17(23)19(26-18)25-15-6-2-4-13(8-15)11-21/h1-9H,22-23H2,(H2,24,25,26). The number of hydrogen-bond acceptors (Lipinski definition) is 7. The van der Waals surface area contributed by atoms with E-state index >= 15 is 0 Å². The summed E-state index contributed by atoms with van der Waals surface area (Å²) in [5.74, 6) is 0.821. The number of rotatable bonds is 4. The van der Waals surface area contributed by atoms with Crippen molar-refractivity contribution in [2.45, 2.75) is 0 Å². The van der Waals surface area contributed by atoms with Gasteiger partial charge in [-0.2, -0.15) is 10.5 Å². The van der Waals surface area contributed by atoms with E-state index in [1.807, 2.05) is 12.1 Å². The molecule has 6 N–H and O–H groups in total. The largest absolute Gasteiger partial charge is 0.396 e. The summed E-state index contributed by atoms with van der Waals surface area (Å²) in [7, 11) is 0. The van der Waals surface area contributed by atoms with E-state index in [0.29, 0.717) is 45.5 Å². The van der Waals surface area contributed by atoms with Gasteiger partial charge in [-0.05, 0) is 42.5 Å². The third kappa shape index (κ3) is 3.64. The minimum atomic E-state index is 0.376. The van der Waals surface area contributed by atoms with Crippen LogP contribution in [0.2, 0.25) is 0 Å². The molecule has 126 valence electrons. The highest BCUT2D eigenvalue weighted by molar-refractivity contribution is 5.80. The Morgan fingerprint density at radius 3 is 1.62 bits per heavy atom. The molecule has 3 aromatic rings. The highest BCUT2D eigenvalue weighted by Gasteiger charge is 2.09. The van der Waals surface area contributed by atoms with Crippen molar-refractivity contribution < 1.29 is 0 Å². The highest BCUT2D eigenvalue weighted by Crippen LogP contribution is 2.30. The second-order valence-electron chi connectivity index (χ2n) is 5.50. The molecule has 1 aromatic heterocycles. The van der Waals surface area contributed by atoms with Crippen LogP contribution in [0.3, 0.4) is 0 Å². The predicted molar refractivity (Wildman–Crippen MR) is 102 cm³/mol. The molecular formula is C19H15N7. The van der Waals surface area contributed by atoms with E-state index in [0.717, 1.165) is 0 Å². The van der Waals surface area contributed by atoms with E-state index < -0.39 is 0 Å². The lowest BCUT2D eigenvalue weighted by Crippen LogP contribution is -2.05. The fraction of sp³-hybridized carbons (Fsp3) is 0. The Morgan fingerprint density at radius 1 is 0.731 bits per heavy atom. The number of benzene rings is 2. The smallest absolute Gasteiger partial charge is 0.156 e. The monoisotopic (exact) mass is 341 g/mol. The van der Waals surface area contributed by atoms with E-state index in [1.165, 1.54) is 0 Å². The molecule has 2 aromatic carbocycles. The third-order valence-corrected chi connectivity index (χ3v) is 3.59. The van der Waals surface area contributed by atoms with Gasteiger partial charge in [0.2, 0.25) is 0 Å². The van der Waals surface area contributed by atoms with E-state index in [-0.39, 0.29) is 0 Å². The van der Waals surface area contributed by atoms with Crippen molar-refractivity contribution in [1.29, 1.82) is 10.5 Å². The number of nitrogens with zero attached hydrogens (tertiary/aromatic N) is 3. The fourth-order valence-electron chi connectivity index (χ4n) is 2.35. The Kier molecular flexibility index (Phi) is 4.55. The molecule has 7 heteroatoms. The van der Waals surface area contributed by atoms with Gasteiger partial charge >= 0.3 is 0 Å². The van der Waals surface area contributed by atoms with Crippen LogP contribution >= 0.6 is 0 Å². The molecule has 0 atom stereocenters. The molecule has 0 saturated carbocycles. The topological polar surface area (TPSA) is 137 Å². The van der Waals surface area contributed by atoms with Gasteiger partial charge < -0.3 is 22.1 Å². The molecule has 0 aliphatic carbocycles. The Balaban J connectivity index is 1.91. The van der Waals surface area contributed by atoms with Gasteiger partial charge in [0.05, 0.1) is 34.6 Å². The first kappa shape index (κ1) is 16.6. The van der Waals surface area contributed by atoms with Crippen LogP contribution in [0.4, 0.5) is 34.4 Å². The van der Waals surface area contributed by atoms with Crippen molar-refractivity contribution in [3.8, 4) is 12.1 Å². The highest BCUT2D eigenvalue weighted by atomic mass is 15.1. The average molecular weight is 341 g/mol. The van der Waals surface area contributed by atoms with Crippen LogP contribution in [-0.4, -0.2) is 4.98 Å². The summed E-state index contributed by atoms with van der Waals surface area (Å²) in [6, 6.07) is 19.7. The maximum atomic E-state index is 9.00. The van der Waals surface area contributed by atoms with Crippen molar-refractivity contribution in [3.63, 3.8) is 0 Å². The number of nitrogen functional groups attached to an aromatic ring is 2. The molecule has 7 nitrogen and oxygen atoms in total. The molecule has 0 unspecified atom stereocenters. The summed E-state index contributed by atoms with van der Waals surface area (Å²) < 4.78 is 0. The van der Waals surface area contributed by atoms with Crippen molar-refractivity contribution in [2.75, 3.05) is 22.1 Å². The summed E-state index contributed by atoms with van der Waals surface area (Å²) >= 11 is 0. The zero-order chi connectivity index (χ0) is 18.5. The zero-order valence-corrected chi connectivity index (χ0v) is 13.7. The average Bonchev–Trinajstić information content (AvgIpc) is 2.66. The summed E-state index contributed by atoms with van der Waals surface area (Å²) in [5.41, 5.74) is 15.2. The molecule has 26 heavy (non-hydrogen) atoms. The molecular weight excluding hydrogens is 326 g/mol. The summed E-state index contributed by atoms with van der Waals surface area (Å²) in [4.78, 5) is 4.44. The lowest BCUT2D eigenvalue weighted by molar-refractivity contribution is 1.30. The van der Waals surface area contributed by atoms with Gasteiger partial charge in [0.25, 0.3) is 0 Å². The van der Waals surface area contributed by atoms with Crippen molar-refractivity contribution in [1.82, 2.24) is 4.98 Å². The predicted octanol–water partition coefficient (Wildman–Crippen LogP) is 3.48. The second kappa shape index (κ2) is 7.12. The van der Waals surface area contributed by atoms with E-state index in [1.54, 1.807) is 42.5 Å². The van der Waals surface area contributed by atoms with Gasteiger partial charge in [-0.15, -0.1) is 0 Å². The second-order valence-corrected chi connectivity index (χ2v) is 5.50. The molecule has 0 fully saturated rings. The quantitative estimate of drug-likeness (QED) is 0.570. The first-order valence-corrected chi connectivity index (χ1v) is 7.69. The first-order valence-electron chi connectivity index (χ1n) is 7.69. The van der Waals surface area contributed by atoms with Gasteiger partial charge in [-0.3, -0.25) is 0 Å². The van der Waals surface area contributed by atoms with Crippen LogP contribution in [0.25, 0.3) is 0 Å². The fourth-order valence-corrected chi connectivity index (χ4v) is 2.35. The van der Waals surface area contributed by atoms with Gasteiger partial charge in [0.15, 0.2) is 11.6 Å². The summed E-state index contributed by atoms with van der Waals surface area (Å²) in [5, 5.41) is 24.2. The molecule has 0 aliphatic heterocycles. The number of anilines is 6. The molecule has 0 spiro atoms. The molecule has 0 saturated heterocycles. The van der Waals surface area contributed by atoms with Gasteiger partial charge in [0.1, 0.15) is 0 Å². The first-order chi connectivity index (χ1) is 12.6. The number of nitrogens with one attached hydrogen (secondary N) is 2. The van der Waals surface area contributed by atoms with Gasteiger partial charge in [0, 0.05) is 11.4 Å². The Labute approximate surface area is 150 Å². The third-order valence-electron chi connectivity index (χ3n) is 3.59.